The molecule has 138 valence electrons. The van der Waals surface area contributed by atoms with E-state index >= 15 is 0 Å². The Bertz CT molecular complexity index is 708. The third-order valence-corrected chi connectivity index (χ3v) is 5.71. The molecule has 1 fully saturated rings. The first-order chi connectivity index (χ1) is 12.7. The zero-order valence-electron chi connectivity index (χ0n) is 15.5. The standard InChI is InChI=1S/C22H28N2OS/c1-18-5-4-6-21(13-18)16-26-17-22(25)23-14-19-7-9-20(10-8-19)15-24-11-2-3-12-24/h4-10,13H,2-3,11-12,14-17H2,1H3,(H,23,25). The monoisotopic (exact) mass is 368 g/mol. The molecule has 1 aliphatic rings. The van der Waals surface area contributed by atoms with E-state index in [1.165, 1.54) is 42.6 Å². The number of nitrogens with zero attached hydrogens (tertiary/aromatic N) is 1. The van der Waals surface area contributed by atoms with Gasteiger partial charge in [0, 0.05) is 18.8 Å². The third-order valence-electron chi connectivity index (χ3n) is 4.70. The quantitative estimate of drug-likeness (QED) is 0.760. The molecule has 26 heavy (non-hydrogen) atoms. The maximum Gasteiger partial charge on any atom is 0.230 e. The fraction of sp³-hybridized carbons (Fsp3) is 0.409. The smallest absolute Gasteiger partial charge is 0.230 e. The highest BCUT2D eigenvalue weighted by Gasteiger charge is 2.11. The number of amides is 1. The van der Waals surface area contributed by atoms with Crippen LogP contribution in [0, 0.1) is 6.92 Å². The molecule has 0 aromatic heterocycles. The topological polar surface area (TPSA) is 32.3 Å². The normalized spacial score (nSPS) is 14.5. The Balaban J connectivity index is 1.35. The summed E-state index contributed by atoms with van der Waals surface area (Å²) in [7, 11) is 0. The van der Waals surface area contributed by atoms with Gasteiger partial charge in [0.1, 0.15) is 0 Å². The summed E-state index contributed by atoms with van der Waals surface area (Å²) in [6, 6.07) is 17.1. The van der Waals surface area contributed by atoms with E-state index in [1.54, 1.807) is 11.8 Å². The minimum atomic E-state index is 0.101. The molecule has 3 nitrogen and oxygen atoms in total. The zero-order valence-corrected chi connectivity index (χ0v) is 16.4. The van der Waals surface area contributed by atoms with Crippen molar-refractivity contribution in [3.8, 4) is 0 Å². The van der Waals surface area contributed by atoms with Gasteiger partial charge in [-0.3, -0.25) is 9.69 Å². The lowest BCUT2D eigenvalue weighted by Gasteiger charge is -2.14. The van der Waals surface area contributed by atoms with E-state index in [1.807, 2.05) is 0 Å². The minimum Gasteiger partial charge on any atom is -0.351 e. The molecule has 1 amide bonds. The number of nitrogens with one attached hydrogen (secondary N) is 1. The Labute approximate surface area is 161 Å². The Morgan fingerprint density at radius 3 is 2.50 bits per heavy atom. The molecule has 0 spiro atoms. The van der Waals surface area contributed by atoms with Crippen LogP contribution < -0.4 is 5.32 Å². The molecular weight excluding hydrogens is 340 g/mol. The van der Waals surface area contributed by atoms with Gasteiger partial charge < -0.3 is 5.32 Å². The van der Waals surface area contributed by atoms with Crippen LogP contribution in [-0.2, 0) is 23.6 Å². The largest absolute Gasteiger partial charge is 0.351 e. The van der Waals surface area contributed by atoms with Gasteiger partial charge >= 0.3 is 0 Å². The van der Waals surface area contributed by atoms with Gasteiger partial charge in [-0.15, -0.1) is 11.8 Å². The summed E-state index contributed by atoms with van der Waals surface area (Å²) in [5, 5.41) is 3.02. The number of likely N-dealkylation sites (tertiary alicyclic amines) is 1. The van der Waals surface area contributed by atoms with Crippen molar-refractivity contribution in [1.29, 1.82) is 0 Å². The summed E-state index contributed by atoms with van der Waals surface area (Å²) in [4.78, 5) is 14.5. The molecule has 0 bridgehead atoms. The van der Waals surface area contributed by atoms with Crippen molar-refractivity contribution in [2.75, 3.05) is 18.8 Å². The van der Waals surface area contributed by atoms with Crippen LogP contribution in [0.4, 0.5) is 0 Å². The second-order valence-electron chi connectivity index (χ2n) is 7.06. The molecule has 0 saturated carbocycles. The number of hydrogen-bond acceptors (Lipinski definition) is 3. The molecule has 4 heteroatoms. The van der Waals surface area contributed by atoms with E-state index in [-0.39, 0.29) is 5.91 Å². The highest BCUT2D eigenvalue weighted by atomic mass is 32.2. The fourth-order valence-electron chi connectivity index (χ4n) is 3.28. The van der Waals surface area contributed by atoms with Crippen LogP contribution in [0.25, 0.3) is 0 Å². The second kappa shape index (κ2) is 9.79. The number of benzene rings is 2. The van der Waals surface area contributed by atoms with Crippen molar-refractivity contribution in [3.63, 3.8) is 0 Å². The van der Waals surface area contributed by atoms with Gasteiger partial charge in [0.05, 0.1) is 5.75 Å². The molecule has 0 radical (unpaired) electrons. The molecule has 1 heterocycles. The van der Waals surface area contributed by atoms with Crippen molar-refractivity contribution >= 4 is 17.7 Å². The van der Waals surface area contributed by atoms with Gasteiger partial charge in [-0.05, 0) is 49.5 Å². The van der Waals surface area contributed by atoms with Gasteiger partial charge in [0.25, 0.3) is 0 Å². The summed E-state index contributed by atoms with van der Waals surface area (Å²) < 4.78 is 0. The fourth-order valence-corrected chi connectivity index (χ4v) is 4.08. The van der Waals surface area contributed by atoms with E-state index < -0.39 is 0 Å². The van der Waals surface area contributed by atoms with Gasteiger partial charge in [0.15, 0.2) is 0 Å². The highest BCUT2D eigenvalue weighted by molar-refractivity contribution is 7.99. The van der Waals surface area contributed by atoms with Gasteiger partial charge in [-0.2, -0.15) is 0 Å². The van der Waals surface area contributed by atoms with Gasteiger partial charge in [-0.25, -0.2) is 0 Å². The maximum absolute atomic E-state index is 12.0. The molecule has 0 unspecified atom stereocenters. The number of carbonyl (C=O) groups is 1. The van der Waals surface area contributed by atoms with E-state index in [9.17, 15) is 4.79 Å². The zero-order chi connectivity index (χ0) is 18.2. The van der Waals surface area contributed by atoms with Crippen LogP contribution >= 0.6 is 11.8 Å². The minimum absolute atomic E-state index is 0.101. The third kappa shape index (κ3) is 6.19. The summed E-state index contributed by atoms with van der Waals surface area (Å²) in [6.45, 7) is 6.18. The molecule has 1 saturated heterocycles. The summed E-state index contributed by atoms with van der Waals surface area (Å²) in [5.41, 5.74) is 5.06. The Kier molecular flexibility index (Phi) is 7.15. The van der Waals surface area contributed by atoms with Gasteiger partial charge in [0.2, 0.25) is 5.91 Å². The highest BCUT2D eigenvalue weighted by Crippen LogP contribution is 2.14. The van der Waals surface area contributed by atoms with Crippen molar-refractivity contribution < 1.29 is 4.79 Å². The van der Waals surface area contributed by atoms with E-state index in [0.717, 1.165) is 17.9 Å². The number of aryl methyl sites for hydroxylation is 1. The predicted molar refractivity (Wildman–Crippen MR) is 110 cm³/mol. The lowest BCUT2D eigenvalue weighted by molar-refractivity contribution is -0.118. The molecule has 1 N–H and O–H groups in total. The molecule has 0 aliphatic carbocycles. The van der Waals surface area contributed by atoms with E-state index in [0.29, 0.717) is 12.3 Å². The van der Waals surface area contributed by atoms with E-state index in [2.05, 4.69) is 65.7 Å². The molecule has 3 rings (SSSR count). The van der Waals surface area contributed by atoms with Crippen molar-refractivity contribution in [2.24, 2.45) is 0 Å². The number of rotatable bonds is 8. The van der Waals surface area contributed by atoms with Crippen molar-refractivity contribution in [1.82, 2.24) is 10.2 Å². The van der Waals surface area contributed by atoms with Crippen LogP contribution in [0.3, 0.4) is 0 Å². The average Bonchev–Trinajstić information content (AvgIpc) is 3.14. The average molecular weight is 369 g/mol. The summed E-state index contributed by atoms with van der Waals surface area (Å²) in [6.07, 6.45) is 2.65. The van der Waals surface area contributed by atoms with Crippen LogP contribution in [0.15, 0.2) is 48.5 Å². The van der Waals surface area contributed by atoms with Gasteiger partial charge in [-0.1, -0.05) is 54.1 Å². The van der Waals surface area contributed by atoms with Crippen LogP contribution in [0.5, 0.6) is 0 Å². The predicted octanol–water partition coefficient (Wildman–Crippen LogP) is 4.14. The van der Waals surface area contributed by atoms with Crippen LogP contribution in [-0.4, -0.2) is 29.6 Å². The summed E-state index contributed by atoms with van der Waals surface area (Å²) in [5.74, 6) is 1.48. The second-order valence-corrected chi connectivity index (χ2v) is 8.04. The van der Waals surface area contributed by atoms with Crippen molar-refractivity contribution in [3.05, 3.63) is 70.8 Å². The molecular formula is C22H28N2OS. The molecule has 2 aromatic carbocycles. The Hall–Kier alpha value is -1.78. The molecule has 2 aromatic rings. The number of carbonyl (C=O) groups excluding carboxylic acids is 1. The molecule has 1 aliphatic heterocycles. The lowest BCUT2D eigenvalue weighted by atomic mass is 10.1. The van der Waals surface area contributed by atoms with E-state index in [4.69, 9.17) is 0 Å². The van der Waals surface area contributed by atoms with Crippen LogP contribution in [0.1, 0.15) is 35.1 Å². The molecule has 0 atom stereocenters. The maximum atomic E-state index is 12.0. The first kappa shape index (κ1) is 19.0. The van der Waals surface area contributed by atoms with Crippen LogP contribution in [0.2, 0.25) is 0 Å². The Morgan fingerprint density at radius 1 is 1.04 bits per heavy atom. The Morgan fingerprint density at radius 2 is 1.77 bits per heavy atom. The first-order valence-corrected chi connectivity index (χ1v) is 10.5. The SMILES string of the molecule is Cc1cccc(CSCC(=O)NCc2ccc(CN3CCCC3)cc2)c1. The van der Waals surface area contributed by atoms with Crippen molar-refractivity contribution in [2.45, 2.75) is 38.6 Å². The first-order valence-electron chi connectivity index (χ1n) is 9.39. The number of thioether (sulfide) groups is 1. The number of hydrogen-bond donors (Lipinski definition) is 1. The summed E-state index contributed by atoms with van der Waals surface area (Å²) >= 11 is 1.66. The lowest BCUT2D eigenvalue weighted by Crippen LogP contribution is -2.24.